The van der Waals surface area contributed by atoms with Gasteiger partial charge in [-0.2, -0.15) is 0 Å². The van der Waals surface area contributed by atoms with Crippen molar-refractivity contribution in [3.05, 3.63) is 30.2 Å². The van der Waals surface area contributed by atoms with E-state index in [1.807, 2.05) is 6.92 Å². The van der Waals surface area contributed by atoms with Crippen LogP contribution in [0.25, 0.3) is 0 Å². The minimum Gasteiger partial charge on any atom is -0.480 e. The lowest BCUT2D eigenvalue weighted by molar-refractivity contribution is -0.138. The fourth-order valence-corrected chi connectivity index (χ4v) is 1.27. The second-order valence-corrected chi connectivity index (χ2v) is 3.29. The van der Waals surface area contributed by atoms with Gasteiger partial charge in [-0.25, -0.2) is 0 Å². The summed E-state index contributed by atoms with van der Waals surface area (Å²) in [5, 5.41) is 12.4. The first-order chi connectivity index (χ1) is 7.11. The number of carbonyl (C=O) groups is 1. The van der Waals surface area contributed by atoms with Crippen LogP contribution in [-0.2, 0) is 11.3 Å². The first-order valence-electron chi connectivity index (χ1n) is 4.59. The van der Waals surface area contributed by atoms with Gasteiger partial charge in [-0.3, -0.25) is 9.69 Å². The Morgan fingerprint density at radius 1 is 1.80 bits per heavy atom. The van der Waals surface area contributed by atoms with E-state index in [1.165, 1.54) is 0 Å². The van der Waals surface area contributed by atoms with Crippen LogP contribution in [0.15, 0.2) is 23.2 Å². The second kappa shape index (κ2) is 5.31. The lowest BCUT2D eigenvalue weighted by atomic mass is 10.3. The maximum Gasteiger partial charge on any atom is 0.317 e. The van der Waals surface area contributed by atoms with E-state index in [-0.39, 0.29) is 6.54 Å². The maximum atomic E-state index is 10.6. The number of carboxylic acids is 1. The summed E-state index contributed by atoms with van der Waals surface area (Å²) in [5.74, 6) is -0.205. The van der Waals surface area contributed by atoms with Crippen LogP contribution in [0.3, 0.4) is 0 Å². The highest BCUT2D eigenvalue weighted by molar-refractivity contribution is 5.69. The molecule has 0 amide bonds. The van der Waals surface area contributed by atoms with Gasteiger partial charge in [0, 0.05) is 12.6 Å². The van der Waals surface area contributed by atoms with Crippen LogP contribution in [0.4, 0.5) is 0 Å². The van der Waals surface area contributed by atoms with Gasteiger partial charge in [0.15, 0.2) is 5.76 Å². The number of aryl methyl sites for hydroxylation is 1. The van der Waals surface area contributed by atoms with Crippen molar-refractivity contribution in [2.24, 2.45) is 0 Å². The van der Waals surface area contributed by atoms with Crippen LogP contribution >= 0.6 is 0 Å². The summed E-state index contributed by atoms with van der Waals surface area (Å²) in [6.07, 6.45) is 1.66. The van der Waals surface area contributed by atoms with Gasteiger partial charge >= 0.3 is 5.97 Å². The highest BCUT2D eigenvalue weighted by Gasteiger charge is 2.11. The van der Waals surface area contributed by atoms with Crippen LogP contribution in [0, 0.1) is 6.92 Å². The van der Waals surface area contributed by atoms with Gasteiger partial charge in [0.05, 0.1) is 18.8 Å². The third kappa shape index (κ3) is 3.95. The van der Waals surface area contributed by atoms with Crippen molar-refractivity contribution in [3.63, 3.8) is 0 Å². The Morgan fingerprint density at radius 2 is 2.53 bits per heavy atom. The first kappa shape index (κ1) is 11.5. The van der Waals surface area contributed by atoms with Crippen LogP contribution in [0.2, 0.25) is 0 Å². The zero-order valence-corrected chi connectivity index (χ0v) is 8.64. The molecule has 82 valence electrons. The molecule has 0 unspecified atom stereocenters. The minimum atomic E-state index is -0.868. The predicted molar refractivity (Wildman–Crippen MR) is 54.3 cm³/mol. The Kier molecular flexibility index (Phi) is 4.05. The summed E-state index contributed by atoms with van der Waals surface area (Å²) in [6.45, 7) is 6.30. The molecule has 0 saturated carbocycles. The van der Waals surface area contributed by atoms with Crippen LogP contribution < -0.4 is 0 Å². The SMILES string of the molecule is C=CCN(CC(=O)O)Cc1cc(C)no1. The van der Waals surface area contributed by atoms with Crippen molar-refractivity contribution in [3.8, 4) is 0 Å². The van der Waals surface area contributed by atoms with Crippen LogP contribution in [0.5, 0.6) is 0 Å². The monoisotopic (exact) mass is 210 g/mol. The predicted octanol–water partition coefficient (Wildman–Crippen LogP) is 1.06. The lowest BCUT2D eigenvalue weighted by Gasteiger charge is -2.15. The Bertz CT molecular complexity index is 346. The molecule has 1 rings (SSSR count). The summed E-state index contributed by atoms with van der Waals surface area (Å²) >= 11 is 0. The van der Waals surface area contributed by atoms with E-state index in [9.17, 15) is 4.79 Å². The lowest BCUT2D eigenvalue weighted by Crippen LogP contribution is -2.29. The summed E-state index contributed by atoms with van der Waals surface area (Å²) in [4.78, 5) is 12.3. The first-order valence-corrected chi connectivity index (χ1v) is 4.59. The average Bonchev–Trinajstić information content (AvgIpc) is 2.50. The number of aromatic nitrogens is 1. The average molecular weight is 210 g/mol. The van der Waals surface area contributed by atoms with E-state index >= 15 is 0 Å². The van der Waals surface area contributed by atoms with Crippen molar-refractivity contribution >= 4 is 5.97 Å². The highest BCUT2D eigenvalue weighted by Crippen LogP contribution is 2.06. The minimum absolute atomic E-state index is 0.0359. The molecule has 0 aliphatic rings. The van der Waals surface area contributed by atoms with Gasteiger partial charge in [-0.05, 0) is 6.92 Å². The zero-order chi connectivity index (χ0) is 11.3. The molecule has 5 nitrogen and oxygen atoms in total. The number of hydrogen-bond acceptors (Lipinski definition) is 4. The van der Waals surface area contributed by atoms with Crippen molar-refractivity contribution in [1.29, 1.82) is 0 Å². The number of carboxylic acid groups (broad SMARTS) is 1. The van der Waals surface area contributed by atoms with Crippen LogP contribution in [-0.4, -0.2) is 34.2 Å². The third-order valence-corrected chi connectivity index (χ3v) is 1.80. The van der Waals surface area contributed by atoms with E-state index in [0.717, 1.165) is 5.69 Å². The van der Waals surface area contributed by atoms with Crippen molar-refractivity contribution in [2.45, 2.75) is 13.5 Å². The molecular formula is C10H14N2O3. The van der Waals surface area contributed by atoms with Gasteiger partial charge in [-0.1, -0.05) is 11.2 Å². The summed E-state index contributed by atoms with van der Waals surface area (Å²) in [5.41, 5.74) is 0.791. The Labute approximate surface area is 88.0 Å². The molecule has 1 aromatic rings. The van der Waals surface area contributed by atoms with Gasteiger partial charge in [0.2, 0.25) is 0 Å². The van der Waals surface area contributed by atoms with Gasteiger partial charge in [0.25, 0.3) is 0 Å². The third-order valence-electron chi connectivity index (χ3n) is 1.80. The molecule has 0 aliphatic carbocycles. The van der Waals surface area contributed by atoms with Crippen LogP contribution in [0.1, 0.15) is 11.5 Å². The standard InChI is InChI=1S/C10H14N2O3/c1-3-4-12(7-10(13)14)6-9-5-8(2)11-15-9/h3,5H,1,4,6-7H2,2H3,(H,13,14). The van der Waals surface area contributed by atoms with Gasteiger partial charge in [-0.15, -0.1) is 6.58 Å². The second-order valence-electron chi connectivity index (χ2n) is 3.29. The highest BCUT2D eigenvalue weighted by atomic mass is 16.5. The number of rotatable bonds is 6. The molecule has 0 fully saturated rings. The molecular weight excluding hydrogens is 196 g/mol. The Hall–Kier alpha value is -1.62. The quantitative estimate of drug-likeness (QED) is 0.711. The fraction of sp³-hybridized carbons (Fsp3) is 0.400. The molecule has 15 heavy (non-hydrogen) atoms. The molecule has 0 atom stereocenters. The maximum absolute atomic E-state index is 10.6. The number of nitrogens with zero attached hydrogens (tertiary/aromatic N) is 2. The number of aliphatic carboxylic acids is 1. The van der Waals surface area contributed by atoms with E-state index < -0.39 is 5.97 Å². The summed E-state index contributed by atoms with van der Waals surface area (Å²) < 4.78 is 5.00. The molecule has 0 aromatic carbocycles. The molecule has 0 bridgehead atoms. The number of hydrogen-bond donors (Lipinski definition) is 1. The van der Waals surface area contributed by atoms with E-state index in [2.05, 4.69) is 11.7 Å². The largest absolute Gasteiger partial charge is 0.480 e. The van der Waals surface area contributed by atoms with Gasteiger partial charge < -0.3 is 9.63 Å². The van der Waals surface area contributed by atoms with E-state index in [0.29, 0.717) is 18.8 Å². The zero-order valence-electron chi connectivity index (χ0n) is 8.64. The molecule has 0 aliphatic heterocycles. The summed E-state index contributed by atoms with van der Waals surface area (Å²) in [7, 11) is 0. The molecule has 1 heterocycles. The van der Waals surface area contributed by atoms with Crippen molar-refractivity contribution in [2.75, 3.05) is 13.1 Å². The Balaban J connectivity index is 2.57. The Morgan fingerprint density at radius 3 is 3.00 bits per heavy atom. The molecule has 0 radical (unpaired) electrons. The molecule has 0 saturated heterocycles. The van der Waals surface area contributed by atoms with E-state index in [1.54, 1.807) is 17.0 Å². The summed E-state index contributed by atoms with van der Waals surface area (Å²) in [6, 6.07) is 1.79. The normalized spacial score (nSPS) is 10.5. The van der Waals surface area contributed by atoms with Crippen molar-refractivity contribution < 1.29 is 14.4 Å². The molecule has 1 N–H and O–H groups in total. The molecule has 5 heteroatoms. The van der Waals surface area contributed by atoms with Gasteiger partial charge in [0.1, 0.15) is 0 Å². The van der Waals surface area contributed by atoms with E-state index in [4.69, 9.17) is 9.63 Å². The fourth-order valence-electron chi connectivity index (χ4n) is 1.27. The molecule has 1 aromatic heterocycles. The smallest absolute Gasteiger partial charge is 0.317 e. The van der Waals surface area contributed by atoms with Crippen molar-refractivity contribution in [1.82, 2.24) is 10.1 Å². The molecule has 0 spiro atoms. The topological polar surface area (TPSA) is 66.6 Å².